The average molecular weight is 463 g/mol. The number of esters is 3. The molecule has 0 fully saturated rings. The van der Waals surface area contributed by atoms with Gasteiger partial charge in [-0.2, -0.15) is 0 Å². The third-order valence-corrected chi connectivity index (χ3v) is 5.39. The Morgan fingerprint density at radius 3 is 1.42 bits per heavy atom. The van der Waals surface area contributed by atoms with Gasteiger partial charge in [0.1, 0.15) is 0 Å². The standard InChI is InChI=1S/C27H42O6/c1-4-7-10-13-18-31-25(28)22-16-17-23(26(29)32-19-14-11-8-5-2)24(21-22)27(30)33-20-15-12-9-6-3/h16-17,21H,4-15,18-20H2,1-3H3. The van der Waals surface area contributed by atoms with Crippen molar-refractivity contribution in [2.24, 2.45) is 0 Å². The van der Waals surface area contributed by atoms with Gasteiger partial charge in [-0.05, 0) is 37.5 Å². The van der Waals surface area contributed by atoms with Crippen LogP contribution in [-0.4, -0.2) is 37.7 Å². The number of carbonyl (C=O) groups excluding carboxylic acids is 3. The first-order valence-electron chi connectivity index (χ1n) is 12.7. The zero-order valence-electron chi connectivity index (χ0n) is 20.8. The minimum absolute atomic E-state index is 0.0458. The van der Waals surface area contributed by atoms with E-state index < -0.39 is 17.9 Å². The molecule has 0 unspecified atom stereocenters. The zero-order valence-corrected chi connectivity index (χ0v) is 20.8. The minimum atomic E-state index is -0.623. The average Bonchev–Trinajstić information content (AvgIpc) is 2.82. The SMILES string of the molecule is CCCCCCOC(=O)c1ccc(C(=O)OCCCCCC)c(C(=O)OCCCCCC)c1. The quantitative estimate of drug-likeness (QED) is 0.134. The molecule has 1 aromatic carbocycles. The second kappa shape index (κ2) is 18.1. The Balaban J connectivity index is 2.85. The van der Waals surface area contributed by atoms with E-state index in [4.69, 9.17) is 14.2 Å². The summed E-state index contributed by atoms with van der Waals surface area (Å²) in [6.45, 7) is 7.25. The third-order valence-electron chi connectivity index (χ3n) is 5.39. The molecule has 0 amide bonds. The van der Waals surface area contributed by atoms with Gasteiger partial charge in [0.2, 0.25) is 0 Å². The van der Waals surface area contributed by atoms with Crippen molar-refractivity contribution in [3.05, 3.63) is 34.9 Å². The van der Waals surface area contributed by atoms with Crippen LogP contribution in [0.4, 0.5) is 0 Å². The smallest absolute Gasteiger partial charge is 0.339 e. The van der Waals surface area contributed by atoms with E-state index in [9.17, 15) is 14.4 Å². The van der Waals surface area contributed by atoms with Crippen molar-refractivity contribution in [3.8, 4) is 0 Å². The summed E-state index contributed by atoms with van der Waals surface area (Å²) in [6, 6.07) is 4.34. The first-order valence-corrected chi connectivity index (χ1v) is 12.7. The molecule has 0 heterocycles. The second-order valence-corrected chi connectivity index (χ2v) is 8.35. The van der Waals surface area contributed by atoms with Crippen LogP contribution in [0.5, 0.6) is 0 Å². The van der Waals surface area contributed by atoms with E-state index in [2.05, 4.69) is 20.8 Å². The molecule has 6 heteroatoms. The highest BCUT2D eigenvalue weighted by molar-refractivity contribution is 6.05. The first kappa shape index (κ1) is 28.7. The van der Waals surface area contributed by atoms with Gasteiger partial charge in [-0.3, -0.25) is 0 Å². The fraction of sp³-hybridized carbons (Fsp3) is 0.667. The molecule has 0 atom stereocenters. The lowest BCUT2D eigenvalue weighted by Gasteiger charge is -2.12. The monoisotopic (exact) mass is 462 g/mol. The highest BCUT2D eigenvalue weighted by Crippen LogP contribution is 2.17. The van der Waals surface area contributed by atoms with Crippen molar-refractivity contribution in [1.29, 1.82) is 0 Å². The lowest BCUT2D eigenvalue weighted by atomic mass is 10.0. The van der Waals surface area contributed by atoms with Crippen LogP contribution in [0, 0.1) is 0 Å². The molecule has 0 aliphatic carbocycles. The van der Waals surface area contributed by atoms with Gasteiger partial charge in [-0.1, -0.05) is 78.6 Å². The van der Waals surface area contributed by atoms with Crippen LogP contribution < -0.4 is 0 Å². The fourth-order valence-electron chi connectivity index (χ4n) is 3.34. The van der Waals surface area contributed by atoms with Crippen LogP contribution in [0.1, 0.15) is 129 Å². The van der Waals surface area contributed by atoms with E-state index in [-0.39, 0.29) is 23.3 Å². The number of unbranched alkanes of at least 4 members (excludes halogenated alkanes) is 9. The summed E-state index contributed by atoms with van der Waals surface area (Å²) in [5.74, 6) is -1.71. The molecule has 0 bridgehead atoms. The molecular formula is C27H42O6. The van der Waals surface area contributed by atoms with E-state index in [1.807, 2.05) is 0 Å². The maximum absolute atomic E-state index is 12.7. The molecule has 0 aromatic heterocycles. The molecule has 0 aliphatic heterocycles. The number of hydrogen-bond donors (Lipinski definition) is 0. The topological polar surface area (TPSA) is 78.9 Å². The highest BCUT2D eigenvalue weighted by Gasteiger charge is 2.22. The summed E-state index contributed by atoms with van der Waals surface area (Å²) in [7, 11) is 0. The van der Waals surface area contributed by atoms with Crippen LogP contribution in [0.3, 0.4) is 0 Å². The van der Waals surface area contributed by atoms with Crippen LogP contribution >= 0.6 is 0 Å². The minimum Gasteiger partial charge on any atom is -0.462 e. The van der Waals surface area contributed by atoms with Crippen LogP contribution in [0.2, 0.25) is 0 Å². The summed E-state index contributed by atoms with van der Waals surface area (Å²) in [5, 5.41) is 0. The molecule has 1 rings (SSSR count). The van der Waals surface area contributed by atoms with Gasteiger partial charge in [0.05, 0.1) is 36.5 Å². The van der Waals surface area contributed by atoms with Crippen molar-refractivity contribution in [3.63, 3.8) is 0 Å². The molecular weight excluding hydrogens is 420 g/mol. The van der Waals surface area contributed by atoms with Crippen molar-refractivity contribution < 1.29 is 28.6 Å². The van der Waals surface area contributed by atoms with E-state index >= 15 is 0 Å². The Hall–Kier alpha value is -2.37. The predicted molar refractivity (Wildman–Crippen MR) is 130 cm³/mol. The molecule has 0 spiro atoms. The largest absolute Gasteiger partial charge is 0.462 e. The third kappa shape index (κ3) is 11.9. The van der Waals surface area contributed by atoms with Crippen molar-refractivity contribution in [2.75, 3.05) is 19.8 Å². The maximum Gasteiger partial charge on any atom is 0.339 e. The van der Waals surface area contributed by atoms with Gasteiger partial charge < -0.3 is 14.2 Å². The Morgan fingerprint density at radius 1 is 0.545 bits per heavy atom. The number of benzene rings is 1. The predicted octanol–water partition coefficient (Wildman–Crippen LogP) is 6.90. The number of rotatable bonds is 18. The van der Waals surface area contributed by atoms with Gasteiger partial charge in [0.25, 0.3) is 0 Å². The van der Waals surface area contributed by atoms with Gasteiger partial charge in [0.15, 0.2) is 0 Å². The maximum atomic E-state index is 12.7. The summed E-state index contributed by atoms with van der Waals surface area (Å²) >= 11 is 0. The van der Waals surface area contributed by atoms with Crippen molar-refractivity contribution >= 4 is 17.9 Å². The van der Waals surface area contributed by atoms with Gasteiger partial charge in [0, 0.05) is 0 Å². The summed E-state index contributed by atoms with van der Waals surface area (Å²) in [6.07, 6.45) is 11.8. The Bertz CT molecular complexity index is 713. The van der Waals surface area contributed by atoms with E-state index in [1.54, 1.807) is 0 Å². The molecule has 1 aromatic rings. The van der Waals surface area contributed by atoms with E-state index in [1.165, 1.54) is 18.2 Å². The summed E-state index contributed by atoms with van der Waals surface area (Å²) in [5.41, 5.74) is 0.385. The second-order valence-electron chi connectivity index (χ2n) is 8.35. The fourth-order valence-corrected chi connectivity index (χ4v) is 3.34. The number of hydrogen-bond acceptors (Lipinski definition) is 6. The number of carbonyl (C=O) groups is 3. The number of ether oxygens (including phenoxy) is 3. The molecule has 0 aliphatic rings. The van der Waals surface area contributed by atoms with Crippen LogP contribution in [0.25, 0.3) is 0 Å². The summed E-state index contributed by atoms with van der Waals surface area (Å²) < 4.78 is 16.1. The zero-order chi connectivity index (χ0) is 24.3. The molecule has 186 valence electrons. The van der Waals surface area contributed by atoms with Crippen LogP contribution in [-0.2, 0) is 14.2 Å². The first-order chi connectivity index (χ1) is 16.0. The van der Waals surface area contributed by atoms with Crippen molar-refractivity contribution in [1.82, 2.24) is 0 Å². The van der Waals surface area contributed by atoms with Crippen molar-refractivity contribution in [2.45, 2.75) is 97.8 Å². The lowest BCUT2D eigenvalue weighted by Crippen LogP contribution is -2.17. The highest BCUT2D eigenvalue weighted by atomic mass is 16.5. The molecule has 0 N–H and O–H groups in total. The van der Waals surface area contributed by atoms with Gasteiger partial charge >= 0.3 is 17.9 Å². The van der Waals surface area contributed by atoms with Crippen LogP contribution in [0.15, 0.2) is 18.2 Å². The van der Waals surface area contributed by atoms with Gasteiger partial charge in [-0.25, -0.2) is 14.4 Å². The Kier molecular flexibility index (Phi) is 15.7. The Morgan fingerprint density at radius 2 is 0.970 bits per heavy atom. The van der Waals surface area contributed by atoms with Gasteiger partial charge in [-0.15, -0.1) is 0 Å². The van der Waals surface area contributed by atoms with E-state index in [0.717, 1.165) is 77.0 Å². The summed E-state index contributed by atoms with van der Waals surface area (Å²) in [4.78, 5) is 37.8. The molecule has 0 radical (unpaired) electrons. The molecule has 0 saturated heterocycles. The molecule has 6 nitrogen and oxygen atoms in total. The van der Waals surface area contributed by atoms with E-state index in [0.29, 0.717) is 13.2 Å². The normalized spacial score (nSPS) is 10.6. The Labute approximate surface area is 199 Å². The lowest BCUT2D eigenvalue weighted by molar-refractivity contribution is 0.0448. The molecule has 0 saturated carbocycles. The molecule has 33 heavy (non-hydrogen) atoms.